The summed E-state index contributed by atoms with van der Waals surface area (Å²) in [5, 5.41) is 12.2. The molecule has 2 N–H and O–H groups in total. The van der Waals surface area contributed by atoms with Gasteiger partial charge in [-0.25, -0.2) is 9.78 Å². The van der Waals surface area contributed by atoms with Gasteiger partial charge in [0.1, 0.15) is 5.82 Å². The number of aromatic nitrogens is 1. The Balaban J connectivity index is 2.89. The van der Waals surface area contributed by atoms with E-state index < -0.39 is 5.97 Å². The van der Waals surface area contributed by atoms with Crippen LogP contribution >= 0.6 is 11.6 Å². The van der Waals surface area contributed by atoms with Gasteiger partial charge in [0, 0.05) is 7.11 Å². The van der Waals surface area contributed by atoms with Crippen LogP contribution in [0.25, 0.3) is 0 Å². The van der Waals surface area contributed by atoms with Crippen molar-refractivity contribution in [3.63, 3.8) is 0 Å². The molecule has 1 atom stereocenters. The zero-order valence-corrected chi connectivity index (χ0v) is 11.4. The molecule has 0 radical (unpaired) electrons. The van der Waals surface area contributed by atoms with Crippen molar-refractivity contribution in [2.45, 2.75) is 19.9 Å². The molecule has 0 aliphatic rings. The van der Waals surface area contributed by atoms with Crippen LogP contribution in [0.2, 0.25) is 5.02 Å². The van der Waals surface area contributed by atoms with Crippen molar-refractivity contribution in [1.29, 1.82) is 0 Å². The number of nitrogens with zero attached hydrogens (tertiary/aromatic N) is 1. The zero-order valence-electron chi connectivity index (χ0n) is 10.6. The zero-order chi connectivity index (χ0) is 13.7. The predicted octanol–water partition coefficient (Wildman–Crippen LogP) is 2.52. The van der Waals surface area contributed by atoms with E-state index >= 15 is 0 Å². The van der Waals surface area contributed by atoms with Crippen LogP contribution in [0.3, 0.4) is 0 Å². The average Bonchev–Trinajstić information content (AvgIpc) is 2.30. The summed E-state index contributed by atoms with van der Waals surface area (Å²) in [6.45, 7) is 4.61. The Morgan fingerprint density at radius 3 is 2.72 bits per heavy atom. The van der Waals surface area contributed by atoms with E-state index in [1.54, 1.807) is 13.2 Å². The van der Waals surface area contributed by atoms with Crippen molar-refractivity contribution in [2.75, 3.05) is 19.0 Å². The number of anilines is 1. The topological polar surface area (TPSA) is 71.5 Å². The van der Waals surface area contributed by atoms with Crippen molar-refractivity contribution >= 4 is 23.4 Å². The first-order chi connectivity index (χ1) is 8.45. The number of hydrogen-bond donors (Lipinski definition) is 2. The molecule has 1 aromatic rings. The lowest BCUT2D eigenvalue weighted by Gasteiger charge is -2.22. The van der Waals surface area contributed by atoms with Gasteiger partial charge in [-0.2, -0.15) is 0 Å². The summed E-state index contributed by atoms with van der Waals surface area (Å²) in [5.41, 5.74) is -0.151. The third kappa shape index (κ3) is 3.85. The fourth-order valence-corrected chi connectivity index (χ4v) is 1.63. The summed E-state index contributed by atoms with van der Waals surface area (Å²) in [6.07, 6.45) is 0. The average molecular weight is 273 g/mol. The minimum atomic E-state index is -1.14. The maximum atomic E-state index is 10.9. The number of nitrogens with one attached hydrogen (secondary N) is 1. The summed E-state index contributed by atoms with van der Waals surface area (Å²) >= 11 is 5.76. The molecule has 1 aromatic heterocycles. The Morgan fingerprint density at radius 1 is 1.56 bits per heavy atom. The van der Waals surface area contributed by atoms with E-state index in [0.29, 0.717) is 18.3 Å². The number of carboxylic acid groups (broad SMARTS) is 1. The monoisotopic (exact) mass is 272 g/mol. The van der Waals surface area contributed by atoms with Gasteiger partial charge in [0.2, 0.25) is 0 Å². The number of carbonyl (C=O) groups is 1. The van der Waals surface area contributed by atoms with Gasteiger partial charge in [0.25, 0.3) is 0 Å². The molecule has 0 saturated heterocycles. The second-order valence-corrected chi connectivity index (χ2v) is 4.69. The Morgan fingerprint density at radius 2 is 2.22 bits per heavy atom. The maximum Gasteiger partial charge on any atom is 0.356 e. The van der Waals surface area contributed by atoms with Crippen LogP contribution in [-0.4, -0.2) is 35.8 Å². The van der Waals surface area contributed by atoms with Gasteiger partial charge in [-0.3, -0.25) is 0 Å². The van der Waals surface area contributed by atoms with Gasteiger partial charge >= 0.3 is 5.97 Å². The number of hydrogen-bond acceptors (Lipinski definition) is 4. The first-order valence-electron chi connectivity index (χ1n) is 5.61. The molecule has 100 valence electrons. The highest BCUT2D eigenvalue weighted by Crippen LogP contribution is 2.18. The first-order valence-corrected chi connectivity index (χ1v) is 5.98. The van der Waals surface area contributed by atoms with E-state index in [2.05, 4.69) is 10.3 Å². The quantitative estimate of drug-likeness (QED) is 0.833. The third-order valence-corrected chi connectivity index (χ3v) is 2.84. The van der Waals surface area contributed by atoms with Crippen molar-refractivity contribution in [3.8, 4) is 0 Å². The number of pyridine rings is 1. The minimum absolute atomic E-state index is 0.0605. The van der Waals surface area contributed by atoms with Crippen LogP contribution in [0.1, 0.15) is 24.3 Å². The van der Waals surface area contributed by atoms with Gasteiger partial charge in [-0.15, -0.1) is 0 Å². The summed E-state index contributed by atoms with van der Waals surface area (Å²) in [4.78, 5) is 14.9. The molecule has 0 aromatic carbocycles. The lowest BCUT2D eigenvalue weighted by molar-refractivity contribution is 0.0691. The predicted molar refractivity (Wildman–Crippen MR) is 70.3 cm³/mol. The van der Waals surface area contributed by atoms with Crippen molar-refractivity contribution in [3.05, 3.63) is 22.8 Å². The SMILES string of the molecule is COCC(Nc1ccc(Cl)c(C(=O)O)n1)C(C)C. The molecular formula is C12H17ClN2O3. The summed E-state index contributed by atoms with van der Waals surface area (Å²) in [5.74, 6) is -0.334. The van der Waals surface area contributed by atoms with Crippen LogP contribution < -0.4 is 5.32 Å². The molecule has 1 heterocycles. The molecular weight excluding hydrogens is 256 g/mol. The second kappa shape index (κ2) is 6.56. The van der Waals surface area contributed by atoms with Crippen molar-refractivity contribution < 1.29 is 14.6 Å². The molecule has 0 bridgehead atoms. The van der Waals surface area contributed by atoms with Gasteiger partial charge in [-0.1, -0.05) is 25.4 Å². The maximum absolute atomic E-state index is 10.9. The number of aromatic carboxylic acids is 1. The van der Waals surface area contributed by atoms with Crippen LogP contribution in [0.5, 0.6) is 0 Å². The number of methoxy groups -OCH3 is 1. The second-order valence-electron chi connectivity index (χ2n) is 4.28. The van der Waals surface area contributed by atoms with E-state index in [9.17, 15) is 4.79 Å². The number of ether oxygens (including phenoxy) is 1. The summed E-state index contributed by atoms with van der Waals surface area (Å²) in [6, 6.07) is 3.23. The molecule has 0 amide bonds. The van der Waals surface area contributed by atoms with Gasteiger partial charge in [0.05, 0.1) is 17.7 Å². The van der Waals surface area contributed by atoms with Crippen LogP contribution in [0.4, 0.5) is 5.82 Å². The van der Waals surface area contributed by atoms with Crippen molar-refractivity contribution in [2.24, 2.45) is 5.92 Å². The van der Waals surface area contributed by atoms with E-state index in [4.69, 9.17) is 21.4 Å². The number of halogens is 1. The van der Waals surface area contributed by atoms with E-state index in [0.717, 1.165) is 0 Å². The fourth-order valence-electron chi connectivity index (χ4n) is 1.44. The molecule has 0 saturated carbocycles. The van der Waals surface area contributed by atoms with Gasteiger partial charge < -0.3 is 15.2 Å². The highest BCUT2D eigenvalue weighted by molar-refractivity contribution is 6.33. The first kappa shape index (κ1) is 14.7. The smallest absolute Gasteiger partial charge is 0.356 e. The highest BCUT2D eigenvalue weighted by Gasteiger charge is 2.16. The normalized spacial score (nSPS) is 12.5. The molecule has 0 fully saturated rings. The minimum Gasteiger partial charge on any atom is -0.476 e. The molecule has 18 heavy (non-hydrogen) atoms. The van der Waals surface area contributed by atoms with Gasteiger partial charge in [-0.05, 0) is 18.1 Å². The molecule has 0 aliphatic heterocycles. The van der Waals surface area contributed by atoms with Gasteiger partial charge in [0.15, 0.2) is 5.69 Å². The number of carboxylic acids is 1. The lowest BCUT2D eigenvalue weighted by atomic mass is 10.1. The van der Waals surface area contributed by atoms with Crippen LogP contribution in [0.15, 0.2) is 12.1 Å². The number of rotatable bonds is 6. The van der Waals surface area contributed by atoms with Crippen LogP contribution in [-0.2, 0) is 4.74 Å². The van der Waals surface area contributed by atoms with E-state index in [1.807, 2.05) is 13.8 Å². The fraction of sp³-hybridized carbons (Fsp3) is 0.500. The highest BCUT2D eigenvalue weighted by atomic mass is 35.5. The lowest BCUT2D eigenvalue weighted by Crippen LogP contribution is -2.31. The van der Waals surface area contributed by atoms with E-state index in [-0.39, 0.29) is 16.8 Å². The molecule has 0 spiro atoms. The molecule has 1 unspecified atom stereocenters. The molecule has 5 nitrogen and oxygen atoms in total. The molecule has 1 rings (SSSR count). The standard InChI is InChI=1S/C12H17ClN2O3/c1-7(2)9(6-18-3)14-10-5-4-8(13)11(15-10)12(16)17/h4-5,7,9H,6H2,1-3H3,(H,14,15)(H,16,17). The molecule has 6 heteroatoms. The Hall–Kier alpha value is -1.33. The van der Waals surface area contributed by atoms with Crippen molar-refractivity contribution in [1.82, 2.24) is 4.98 Å². The summed E-state index contributed by atoms with van der Waals surface area (Å²) < 4.78 is 5.11. The Labute approximate surface area is 111 Å². The Bertz CT molecular complexity index is 424. The summed E-state index contributed by atoms with van der Waals surface area (Å²) in [7, 11) is 1.62. The Kier molecular flexibility index (Phi) is 5.37. The van der Waals surface area contributed by atoms with Crippen LogP contribution in [0, 0.1) is 5.92 Å². The largest absolute Gasteiger partial charge is 0.476 e. The molecule has 0 aliphatic carbocycles. The third-order valence-electron chi connectivity index (χ3n) is 2.53. The van der Waals surface area contributed by atoms with E-state index in [1.165, 1.54) is 6.07 Å².